The third-order valence-electron chi connectivity index (χ3n) is 6.66. The smallest absolute Gasteiger partial charge is 0.317 e. The summed E-state index contributed by atoms with van der Waals surface area (Å²) in [6.07, 6.45) is 1.96. The van der Waals surface area contributed by atoms with Crippen LogP contribution in [0.3, 0.4) is 0 Å². The third kappa shape index (κ3) is 2.94. The van der Waals surface area contributed by atoms with Crippen molar-refractivity contribution in [3.8, 4) is 5.75 Å². The Balaban J connectivity index is 1.27. The van der Waals surface area contributed by atoms with Crippen LogP contribution in [0.5, 0.6) is 5.75 Å². The summed E-state index contributed by atoms with van der Waals surface area (Å²) in [7, 11) is 1.72. The molecular weight excluding hydrogens is 314 g/mol. The number of benzene rings is 1. The number of rotatable bonds is 3. The Morgan fingerprint density at radius 2 is 1.80 bits per heavy atom. The maximum atomic E-state index is 12.5. The maximum Gasteiger partial charge on any atom is 0.317 e. The molecule has 3 aliphatic rings. The number of methoxy groups -OCH3 is 1. The van der Waals surface area contributed by atoms with E-state index in [4.69, 9.17) is 4.74 Å². The number of urea groups is 1. The van der Waals surface area contributed by atoms with Gasteiger partial charge in [-0.05, 0) is 42.2 Å². The zero-order valence-electron chi connectivity index (χ0n) is 15.5. The second-order valence-corrected chi connectivity index (χ2v) is 8.32. The molecule has 0 aromatic heterocycles. The quantitative estimate of drug-likeness (QED) is 0.918. The van der Waals surface area contributed by atoms with Gasteiger partial charge in [-0.25, -0.2) is 4.79 Å². The Morgan fingerprint density at radius 1 is 1.16 bits per heavy atom. The van der Waals surface area contributed by atoms with Crippen LogP contribution < -0.4 is 15.0 Å². The minimum absolute atomic E-state index is 0.138. The van der Waals surface area contributed by atoms with Crippen LogP contribution in [-0.4, -0.2) is 50.3 Å². The van der Waals surface area contributed by atoms with Crippen LogP contribution in [0.4, 0.5) is 10.5 Å². The van der Waals surface area contributed by atoms with Crippen molar-refractivity contribution in [2.75, 3.05) is 38.2 Å². The largest absolute Gasteiger partial charge is 0.495 e. The normalized spacial score (nSPS) is 27.8. The van der Waals surface area contributed by atoms with Gasteiger partial charge in [-0.2, -0.15) is 0 Å². The Morgan fingerprint density at radius 3 is 2.44 bits per heavy atom. The van der Waals surface area contributed by atoms with Crippen LogP contribution in [0.25, 0.3) is 0 Å². The molecule has 136 valence electrons. The average Bonchev–Trinajstić information content (AvgIpc) is 2.99. The third-order valence-corrected chi connectivity index (χ3v) is 6.66. The van der Waals surface area contributed by atoms with Gasteiger partial charge in [0.15, 0.2) is 0 Å². The molecule has 4 rings (SSSR count). The second-order valence-electron chi connectivity index (χ2n) is 8.32. The molecule has 2 unspecified atom stereocenters. The molecule has 1 aliphatic carbocycles. The number of anilines is 1. The first kappa shape index (κ1) is 16.6. The number of fused-ring (bicyclic) bond motifs is 1. The van der Waals surface area contributed by atoms with Crippen molar-refractivity contribution in [1.29, 1.82) is 0 Å². The van der Waals surface area contributed by atoms with Gasteiger partial charge in [-0.15, -0.1) is 0 Å². The fraction of sp³-hybridized carbons (Fsp3) is 0.650. The first-order valence-corrected chi connectivity index (χ1v) is 9.44. The van der Waals surface area contributed by atoms with Gasteiger partial charge in [-0.3, -0.25) is 0 Å². The van der Waals surface area contributed by atoms with E-state index in [0.29, 0.717) is 17.3 Å². The number of amides is 2. The molecule has 0 bridgehead atoms. The van der Waals surface area contributed by atoms with Gasteiger partial charge in [-0.1, -0.05) is 26.0 Å². The van der Waals surface area contributed by atoms with Gasteiger partial charge >= 0.3 is 6.03 Å². The number of ether oxygens (including phenoxy) is 1. The van der Waals surface area contributed by atoms with Crippen LogP contribution in [0.1, 0.15) is 26.7 Å². The number of piperidine rings is 2. The van der Waals surface area contributed by atoms with Crippen LogP contribution in [0.2, 0.25) is 0 Å². The Hall–Kier alpha value is -1.91. The summed E-state index contributed by atoms with van der Waals surface area (Å²) in [5.74, 6) is 2.35. The van der Waals surface area contributed by atoms with Gasteiger partial charge in [0.25, 0.3) is 0 Å². The van der Waals surface area contributed by atoms with Crippen LogP contribution in [-0.2, 0) is 0 Å². The highest BCUT2D eigenvalue weighted by Gasteiger charge is 2.62. The predicted molar refractivity (Wildman–Crippen MR) is 99.1 cm³/mol. The SMILES string of the molecule is COc1ccccc1N1CCC(NC(=O)N2CC3C(C2)C3(C)C)CC1. The molecule has 2 amide bonds. The lowest BCUT2D eigenvalue weighted by molar-refractivity contribution is 0.190. The Kier molecular flexibility index (Phi) is 4.05. The molecule has 0 spiro atoms. The maximum absolute atomic E-state index is 12.5. The number of carbonyl (C=O) groups excluding carboxylic acids is 1. The first-order chi connectivity index (χ1) is 12.0. The average molecular weight is 343 g/mol. The molecule has 1 N–H and O–H groups in total. The summed E-state index contributed by atoms with van der Waals surface area (Å²) in [4.78, 5) is 16.9. The topological polar surface area (TPSA) is 44.8 Å². The van der Waals surface area contributed by atoms with Crippen LogP contribution in [0.15, 0.2) is 24.3 Å². The number of hydrogen-bond acceptors (Lipinski definition) is 3. The van der Waals surface area contributed by atoms with Gasteiger partial charge in [0, 0.05) is 32.2 Å². The summed E-state index contributed by atoms with van der Waals surface area (Å²) in [5, 5.41) is 3.26. The molecule has 5 heteroatoms. The summed E-state index contributed by atoms with van der Waals surface area (Å²) < 4.78 is 5.47. The van der Waals surface area contributed by atoms with Crippen molar-refractivity contribution in [2.24, 2.45) is 17.3 Å². The number of likely N-dealkylation sites (tertiary alicyclic amines) is 1. The summed E-state index contributed by atoms with van der Waals surface area (Å²) in [5.41, 5.74) is 1.60. The lowest BCUT2D eigenvalue weighted by atomic mass is 10.0. The molecule has 1 aromatic rings. The molecule has 25 heavy (non-hydrogen) atoms. The van der Waals surface area contributed by atoms with E-state index in [-0.39, 0.29) is 12.1 Å². The molecule has 2 heterocycles. The highest BCUT2D eigenvalue weighted by Crippen LogP contribution is 2.61. The number of para-hydroxylation sites is 2. The summed E-state index contributed by atoms with van der Waals surface area (Å²) in [6.45, 7) is 8.41. The first-order valence-electron chi connectivity index (χ1n) is 9.44. The monoisotopic (exact) mass is 343 g/mol. The zero-order chi connectivity index (χ0) is 17.6. The van der Waals surface area contributed by atoms with E-state index in [0.717, 1.165) is 50.5 Å². The van der Waals surface area contributed by atoms with Crippen molar-refractivity contribution in [1.82, 2.24) is 10.2 Å². The number of carbonyl (C=O) groups is 1. The zero-order valence-corrected chi connectivity index (χ0v) is 15.5. The van der Waals surface area contributed by atoms with Crippen molar-refractivity contribution in [2.45, 2.75) is 32.7 Å². The van der Waals surface area contributed by atoms with Gasteiger partial charge in [0.2, 0.25) is 0 Å². The standard InChI is InChI=1S/C20H29N3O2/c1-20(2)15-12-23(13-16(15)20)19(24)21-14-8-10-22(11-9-14)17-6-4-5-7-18(17)25-3/h4-7,14-16H,8-13H2,1-3H3,(H,21,24). The highest BCUT2D eigenvalue weighted by atomic mass is 16.5. The molecule has 1 saturated carbocycles. The van der Waals surface area contributed by atoms with E-state index in [2.05, 4.69) is 30.1 Å². The summed E-state index contributed by atoms with van der Waals surface area (Å²) in [6, 6.07) is 8.57. The van der Waals surface area contributed by atoms with Crippen LogP contribution in [0, 0.1) is 17.3 Å². The molecule has 2 atom stereocenters. The predicted octanol–water partition coefficient (Wildman–Crippen LogP) is 2.96. The molecule has 3 fully saturated rings. The van der Waals surface area contributed by atoms with Gasteiger partial charge < -0.3 is 19.9 Å². The van der Waals surface area contributed by atoms with Crippen LogP contribution >= 0.6 is 0 Å². The van der Waals surface area contributed by atoms with E-state index in [1.165, 1.54) is 0 Å². The fourth-order valence-electron chi connectivity index (χ4n) is 4.72. The minimum atomic E-state index is 0.138. The Labute approximate surface area is 150 Å². The van der Waals surface area contributed by atoms with Crippen molar-refractivity contribution >= 4 is 11.7 Å². The van der Waals surface area contributed by atoms with Crippen molar-refractivity contribution < 1.29 is 9.53 Å². The second kappa shape index (κ2) is 6.11. The molecule has 5 nitrogen and oxygen atoms in total. The highest BCUT2D eigenvalue weighted by molar-refractivity contribution is 5.75. The van der Waals surface area contributed by atoms with E-state index >= 15 is 0 Å². The van der Waals surface area contributed by atoms with E-state index < -0.39 is 0 Å². The molecule has 2 saturated heterocycles. The lowest BCUT2D eigenvalue weighted by Crippen LogP contribution is -2.49. The molecular formula is C20H29N3O2. The number of nitrogens with zero attached hydrogens (tertiary/aromatic N) is 2. The summed E-state index contributed by atoms with van der Waals surface area (Å²) >= 11 is 0. The molecule has 2 aliphatic heterocycles. The lowest BCUT2D eigenvalue weighted by Gasteiger charge is -2.35. The van der Waals surface area contributed by atoms with Crippen molar-refractivity contribution in [3.63, 3.8) is 0 Å². The number of hydrogen-bond donors (Lipinski definition) is 1. The number of nitrogens with one attached hydrogen (secondary N) is 1. The Bertz CT molecular complexity index is 638. The van der Waals surface area contributed by atoms with Crippen molar-refractivity contribution in [3.05, 3.63) is 24.3 Å². The van der Waals surface area contributed by atoms with E-state index in [1.807, 2.05) is 23.1 Å². The fourth-order valence-corrected chi connectivity index (χ4v) is 4.72. The van der Waals surface area contributed by atoms with Gasteiger partial charge in [0.05, 0.1) is 12.8 Å². The molecule has 1 aromatic carbocycles. The molecule has 0 radical (unpaired) electrons. The minimum Gasteiger partial charge on any atom is -0.495 e. The van der Waals surface area contributed by atoms with E-state index in [9.17, 15) is 4.79 Å². The van der Waals surface area contributed by atoms with E-state index in [1.54, 1.807) is 7.11 Å². The van der Waals surface area contributed by atoms with Gasteiger partial charge in [0.1, 0.15) is 5.75 Å².